The molecule has 2 rings (SSSR count). The second-order valence-corrected chi connectivity index (χ2v) is 5.50. The molecular weight excluding hydrogens is 274 g/mol. The molecule has 3 N–H and O–H groups in total. The molecule has 0 saturated heterocycles. The van der Waals surface area contributed by atoms with Gasteiger partial charge in [0.1, 0.15) is 5.75 Å². The minimum absolute atomic E-state index is 0.167. The minimum atomic E-state index is 0.167. The molecule has 0 radical (unpaired) electrons. The first-order valence-corrected chi connectivity index (χ1v) is 7.42. The normalized spacial score (nSPS) is 11.5. The van der Waals surface area contributed by atoms with Crippen molar-refractivity contribution in [3.8, 4) is 5.75 Å². The van der Waals surface area contributed by atoms with Crippen LogP contribution < -0.4 is 15.8 Å². The van der Waals surface area contributed by atoms with E-state index in [1.165, 1.54) is 5.56 Å². The third-order valence-corrected chi connectivity index (χ3v) is 3.05. The van der Waals surface area contributed by atoms with Crippen LogP contribution in [0.15, 0.2) is 53.5 Å². The van der Waals surface area contributed by atoms with Crippen LogP contribution in [0.5, 0.6) is 5.75 Å². The highest BCUT2D eigenvalue weighted by Gasteiger charge is 1.99. The van der Waals surface area contributed by atoms with E-state index in [-0.39, 0.29) is 6.10 Å². The predicted molar refractivity (Wildman–Crippen MR) is 92.3 cm³/mol. The summed E-state index contributed by atoms with van der Waals surface area (Å²) >= 11 is 0. The van der Waals surface area contributed by atoms with Crippen LogP contribution in [-0.4, -0.2) is 12.1 Å². The molecule has 0 aliphatic rings. The Labute approximate surface area is 132 Å². The molecule has 4 nitrogen and oxygen atoms in total. The van der Waals surface area contributed by atoms with E-state index in [9.17, 15) is 0 Å². The van der Waals surface area contributed by atoms with E-state index in [0.717, 1.165) is 17.0 Å². The van der Waals surface area contributed by atoms with Crippen LogP contribution in [0.25, 0.3) is 0 Å². The van der Waals surface area contributed by atoms with E-state index in [0.29, 0.717) is 12.5 Å². The Morgan fingerprint density at radius 3 is 2.32 bits per heavy atom. The Morgan fingerprint density at radius 2 is 1.73 bits per heavy atom. The van der Waals surface area contributed by atoms with Gasteiger partial charge in [0.2, 0.25) is 0 Å². The van der Waals surface area contributed by atoms with Crippen LogP contribution >= 0.6 is 0 Å². The first-order chi connectivity index (χ1) is 10.5. The number of nitrogens with zero attached hydrogens (tertiary/aromatic N) is 1. The number of rotatable bonds is 5. The van der Waals surface area contributed by atoms with Gasteiger partial charge < -0.3 is 15.8 Å². The molecule has 0 saturated carbocycles. The van der Waals surface area contributed by atoms with Gasteiger partial charge in [0.05, 0.1) is 12.6 Å². The second-order valence-electron chi connectivity index (χ2n) is 5.50. The van der Waals surface area contributed by atoms with E-state index in [1.807, 2.05) is 38.1 Å². The number of aliphatic imine (C=N–C) groups is 1. The average Bonchev–Trinajstić information content (AvgIpc) is 2.48. The molecule has 2 aromatic rings. The fourth-order valence-corrected chi connectivity index (χ4v) is 1.95. The lowest BCUT2D eigenvalue weighted by molar-refractivity contribution is 0.242. The number of nitrogens with two attached hydrogens (primary N) is 1. The lowest BCUT2D eigenvalue weighted by Gasteiger charge is -2.11. The highest BCUT2D eigenvalue weighted by atomic mass is 16.5. The zero-order valence-electron chi connectivity index (χ0n) is 13.3. The number of hydrogen-bond acceptors (Lipinski definition) is 2. The highest BCUT2D eigenvalue weighted by Crippen LogP contribution is 2.16. The molecular formula is C18H23N3O. The minimum Gasteiger partial charge on any atom is -0.491 e. The van der Waals surface area contributed by atoms with Crippen molar-refractivity contribution in [2.75, 3.05) is 5.32 Å². The van der Waals surface area contributed by atoms with Gasteiger partial charge in [-0.25, -0.2) is 4.99 Å². The molecule has 116 valence electrons. The third-order valence-electron chi connectivity index (χ3n) is 3.05. The van der Waals surface area contributed by atoms with Crippen molar-refractivity contribution in [3.63, 3.8) is 0 Å². The van der Waals surface area contributed by atoms with Gasteiger partial charge in [-0.2, -0.15) is 0 Å². The molecule has 0 aliphatic carbocycles. The Balaban J connectivity index is 1.91. The number of anilines is 1. The first-order valence-electron chi connectivity index (χ1n) is 7.42. The van der Waals surface area contributed by atoms with E-state index >= 15 is 0 Å². The highest BCUT2D eigenvalue weighted by molar-refractivity contribution is 5.92. The van der Waals surface area contributed by atoms with Crippen LogP contribution in [-0.2, 0) is 6.54 Å². The summed E-state index contributed by atoms with van der Waals surface area (Å²) < 4.78 is 5.60. The molecule has 2 aromatic carbocycles. The van der Waals surface area contributed by atoms with Gasteiger partial charge in [-0.15, -0.1) is 0 Å². The average molecular weight is 297 g/mol. The quantitative estimate of drug-likeness (QED) is 0.653. The summed E-state index contributed by atoms with van der Waals surface area (Å²) in [6.07, 6.45) is 0.167. The lowest BCUT2D eigenvalue weighted by atomic mass is 10.1. The maximum absolute atomic E-state index is 5.91. The van der Waals surface area contributed by atoms with Gasteiger partial charge >= 0.3 is 0 Å². The summed E-state index contributed by atoms with van der Waals surface area (Å²) in [4.78, 5) is 4.34. The van der Waals surface area contributed by atoms with Crippen LogP contribution in [0.4, 0.5) is 5.69 Å². The molecule has 4 heteroatoms. The summed E-state index contributed by atoms with van der Waals surface area (Å²) in [7, 11) is 0. The Bertz CT molecular complexity index is 616. The summed E-state index contributed by atoms with van der Waals surface area (Å²) in [6.45, 7) is 6.63. The van der Waals surface area contributed by atoms with Gasteiger partial charge in [-0.3, -0.25) is 0 Å². The van der Waals surface area contributed by atoms with E-state index in [1.54, 1.807) is 0 Å². The Morgan fingerprint density at radius 1 is 1.09 bits per heavy atom. The SMILES string of the molecule is Cc1ccc(CN=C(N)Nc2ccc(OC(C)C)cc2)cc1. The number of nitrogens with one attached hydrogen (secondary N) is 1. The van der Waals surface area contributed by atoms with Crippen LogP contribution in [0.1, 0.15) is 25.0 Å². The number of benzene rings is 2. The van der Waals surface area contributed by atoms with Crippen molar-refractivity contribution < 1.29 is 4.74 Å². The molecule has 0 spiro atoms. The van der Waals surface area contributed by atoms with Crippen LogP contribution in [0, 0.1) is 6.92 Å². The molecule has 0 unspecified atom stereocenters. The molecule has 0 heterocycles. The number of ether oxygens (including phenoxy) is 1. The van der Waals surface area contributed by atoms with Crippen molar-refractivity contribution >= 4 is 11.6 Å². The first kappa shape index (κ1) is 15.9. The van der Waals surface area contributed by atoms with E-state index < -0.39 is 0 Å². The van der Waals surface area contributed by atoms with Crippen LogP contribution in [0.3, 0.4) is 0 Å². The fourth-order valence-electron chi connectivity index (χ4n) is 1.95. The monoisotopic (exact) mass is 297 g/mol. The van der Waals surface area contributed by atoms with Gasteiger partial charge in [0.25, 0.3) is 0 Å². The Hall–Kier alpha value is -2.49. The van der Waals surface area contributed by atoms with Crippen molar-refractivity contribution in [2.45, 2.75) is 33.4 Å². The third kappa shape index (κ3) is 5.13. The van der Waals surface area contributed by atoms with Crippen molar-refractivity contribution in [2.24, 2.45) is 10.7 Å². The lowest BCUT2D eigenvalue weighted by Crippen LogP contribution is -2.22. The van der Waals surface area contributed by atoms with Crippen molar-refractivity contribution in [1.29, 1.82) is 0 Å². The van der Waals surface area contributed by atoms with Crippen LogP contribution in [0.2, 0.25) is 0 Å². The number of guanidine groups is 1. The molecule has 0 fully saturated rings. The van der Waals surface area contributed by atoms with Crippen molar-refractivity contribution in [1.82, 2.24) is 0 Å². The van der Waals surface area contributed by atoms with Gasteiger partial charge in [-0.05, 0) is 50.6 Å². The molecule has 0 aromatic heterocycles. The smallest absolute Gasteiger partial charge is 0.193 e. The summed E-state index contributed by atoms with van der Waals surface area (Å²) in [5.74, 6) is 1.24. The zero-order valence-corrected chi connectivity index (χ0v) is 13.3. The number of hydrogen-bond donors (Lipinski definition) is 2. The molecule has 22 heavy (non-hydrogen) atoms. The fraction of sp³-hybridized carbons (Fsp3) is 0.278. The van der Waals surface area contributed by atoms with Gasteiger partial charge in [-0.1, -0.05) is 29.8 Å². The standard InChI is InChI=1S/C18H23N3O/c1-13(2)22-17-10-8-16(9-11-17)21-18(19)20-12-15-6-4-14(3)5-7-15/h4-11,13H,12H2,1-3H3,(H3,19,20,21). The molecule has 0 bridgehead atoms. The van der Waals surface area contributed by atoms with E-state index in [2.05, 4.69) is 41.5 Å². The molecule has 0 aliphatic heterocycles. The van der Waals surface area contributed by atoms with Gasteiger partial charge in [0, 0.05) is 5.69 Å². The summed E-state index contributed by atoms with van der Waals surface area (Å²) in [5, 5.41) is 3.08. The molecule has 0 amide bonds. The van der Waals surface area contributed by atoms with Gasteiger partial charge in [0.15, 0.2) is 5.96 Å². The Kier molecular flexibility index (Phi) is 5.42. The summed E-state index contributed by atoms with van der Waals surface area (Å²) in [6, 6.07) is 15.9. The van der Waals surface area contributed by atoms with E-state index in [4.69, 9.17) is 10.5 Å². The summed E-state index contributed by atoms with van der Waals surface area (Å²) in [5.41, 5.74) is 9.17. The predicted octanol–water partition coefficient (Wildman–Crippen LogP) is 3.71. The van der Waals surface area contributed by atoms with Crippen molar-refractivity contribution in [3.05, 3.63) is 59.7 Å². The molecule has 0 atom stereocenters. The largest absolute Gasteiger partial charge is 0.491 e. The number of aryl methyl sites for hydroxylation is 1. The maximum Gasteiger partial charge on any atom is 0.193 e. The second kappa shape index (κ2) is 7.50. The zero-order chi connectivity index (χ0) is 15.9. The maximum atomic E-state index is 5.91. The topological polar surface area (TPSA) is 59.6 Å².